The summed E-state index contributed by atoms with van der Waals surface area (Å²) in [5.41, 5.74) is -0.220. The normalized spacial score (nSPS) is 19.2. The summed E-state index contributed by atoms with van der Waals surface area (Å²) in [4.78, 5) is 25.2. The summed E-state index contributed by atoms with van der Waals surface area (Å²) in [7, 11) is -4.07. The van der Waals surface area contributed by atoms with Gasteiger partial charge in [0.05, 0.1) is 5.41 Å². The molecule has 0 aromatic heterocycles. The molecule has 1 atom stereocenters. The second kappa shape index (κ2) is 6.78. The van der Waals surface area contributed by atoms with E-state index < -0.39 is 38.0 Å². The van der Waals surface area contributed by atoms with Gasteiger partial charge in [-0.15, -0.1) is 0 Å². The number of ketones is 1. The molecule has 0 spiro atoms. The van der Waals surface area contributed by atoms with Crippen LogP contribution in [0.4, 0.5) is 0 Å². The third-order valence-electron chi connectivity index (χ3n) is 4.21. The van der Waals surface area contributed by atoms with Gasteiger partial charge < -0.3 is 4.74 Å². The van der Waals surface area contributed by atoms with Gasteiger partial charge in [-0.05, 0) is 31.9 Å². The zero-order valence-electron chi connectivity index (χ0n) is 15.3. The van der Waals surface area contributed by atoms with Gasteiger partial charge in [-0.3, -0.25) is 9.59 Å². The molecule has 1 heterocycles. The lowest BCUT2D eigenvalue weighted by Gasteiger charge is -2.17. The third kappa shape index (κ3) is 3.45. The van der Waals surface area contributed by atoms with E-state index in [0.29, 0.717) is 11.1 Å². The molecule has 2 aromatic carbocycles. The van der Waals surface area contributed by atoms with Gasteiger partial charge in [-0.25, -0.2) is 8.42 Å². The van der Waals surface area contributed by atoms with Crippen LogP contribution >= 0.6 is 0 Å². The van der Waals surface area contributed by atoms with E-state index in [9.17, 15) is 18.0 Å². The fraction of sp³-hybridized carbons (Fsp3) is 0.238. The smallest absolute Gasteiger partial charge is 0.316 e. The Labute approximate surface area is 158 Å². The van der Waals surface area contributed by atoms with Crippen molar-refractivity contribution in [1.82, 2.24) is 0 Å². The standard InChI is InChI=1S/C21H20O5S/c1-21(2,3)20(23)26-17-16(22)18(14-10-6-4-7-11-14)27(24,25)19(17)15-12-8-5-9-13-15/h4-13,18H,1-3H3. The quantitative estimate of drug-likeness (QED) is 0.755. The Morgan fingerprint density at radius 3 is 1.96 bits per heavy atom. The number of carbonyl (C=O) groups excluding carboxylic acids is 2. The zero-order chi connectivity index (χ0) is 19.8. The van der Waals surface area contributed by atoms with Crippen LogP contribution in [-0.4, -0.2) is 20.2 Å². The van der Waals surface area contributed by atoms with Gasteiger partial charge in [-0.2, -0.15) is 0 Å². The van der Waals surface area contributed by atoms with Crippen LogP contribution in [0.5, 0.6) is 0 Å². The molecule has 0 aliphatic carbocycles. The number of hydrogen-bond acceptors (Lipinski definition) is 5. The zero-order valence-corrected chi connectivity index (χ0v) is 16.1. The van der Waals surface area contributed by atoms with Gasteiger partial charge in [0.25, 0.3) is 0 Å². The fourth-order valence-corrected chi connectivity index (χ4v) is 4.81. The van der Waals surface area contributed by atoms with Crippen molar-refractivity contribution in [3.8, 4) is 0 Å². The lowest BCUT2D eigenvalue weighted by atomic mass is 9.97. The minimum atomic E-state index is -4.07. The van der Waals surface area contributed by atoms with E-state index in [-0.39, 0.29) is 4.91 Å². The van der Waals surface area contributed by atoms with Crippen molar-refractivity contribution in [3.05, 3.63) is 77.5 Å². The first-order chi connectivity index (χ1) is 12.6. The molecule has 1 unspecified atom stereocenters. The lowest BCUT2D eigenvalue weighted by molar-refractivity contribution is -0.150. The van der Waals surface area contributed by atoms with E-state index in [1.807, 2.05) is 0 Å². The minimum absolute atomic E-state index is 0.237. The molecule has 5 nitrogen and oxygen atoms in total. The Morgan fingerprint density at radius 2 is 1.44 bits per heavy atom. The average molecular weight is 384 g/mol. The molecule has 2 aromatic rings. The monoisotopic (exact) mass is 384 g/mol. The number of allylic oxidation sites excluding steroid dienone is 1. The molecule has 140 valence electrons. The van der Waals surface area contributed by atoms with Crippen LogP contribution < -0.4 is 0 Å². The number of ether oxygens (including phenoxy) is 1. The number of carbonyl (C=O) groups is 2. The fourth-order valence-electron chi connectivity index (χ4n) is 2.80. The molecule has 6 heteroatoms. The highest BCUT2D eigenvalue weighted by Crippen LogP contribution is 2.45. The van der Waals surface area contributed by atoms with E-state index in [1.165, 1.54) is 0 Å². The molecule has 0 saturated carbocycles. The lowest BCUT2D eigenvalue weighted by Crippen LogP contribution is -2.25. The van der Waals surface area contributed by atoms with E-state index in [0.717, 1.165) is 0 Å². The van der Waals surface area contributed by atoms with Gasteiger partial charge in [0.2, 0.25) is 5.78 Å². The highest BCUT2D eigenvalue weighted by atomic mass is 32.2. The molecule has 1 aliphatic heterocycles. The van der Waals surface area contributed by atoms with Crippen LogP contribution in [0.1, 0.15) is 37.1 Å². The second-order valence-electron chi connectivity index (χ2n) is 7.36. The minimum Gasteiger partial charge on any atom is -0.421 e. The Bertz CT molecular complexity index is 1010. The summed E-state index contributed by atoms with van der Waals surface area (Å²) >= 11 is 0. The molecule has 1 aliphatic rings. The Balaban J connectivity index is 2.20. The number of benzene rings is 2. The van der Waals surface area contributed by atoms with E-state index in [1.54, 1.807) is 81.4 Å². The van der Waals surface area contributed by atoms with Crippen molar-refractivity contribution < 1.29 is 22.7 Å². The summed E-state index contributed by atoms with van der Waals surface area (Å²) in [6.07, 6.45) is 0. The summed E-state index contributed by atoms with van der Waals surface area (Å²) in [5, 5.41) is -1.42. The Morgan fingerprint density at radius 1 is 0.926 bits per heavy atom. The third-order valence-corrected chi connectivity index (χ3v) is 6.31. The maximum atomic E-state index is 13.3. The van der Waals surface area contributed by atoms with Crippen molar-refractivity contribution in [2.75, 3.05) is 0 Å². The maximum Gasteiger partial charge on any atom is 0.316 e. The summed E-state index contributed by atoms with van der Waals surface area (Å²) in [6, 6.07) is 16.5. The maximum absolute atomic E-state index is 13.3. The first kappa shape index (κ1) is 19.0. The Hall–Kier alpha value is -2.73. The molecular weight excluding hydrogens is 364 g/mol. The molecule has 0 amide bonds. The SMILES string of the molecule is CC(C)(C)C(=O)OC1=C(c2ccccc2)S(=O)(=O)C(c2ccccc2)C1=O. The van der Waals surface area contributed by atoms with Crippen molar-refractivity contribution in [3.63, 3.8) is 0 Å². The summed E-state index contributed by atoms with van der Waals surface area (Å²) < 4.78 is 31.9. The number of esters is 1. The van der Waals surface area contributed by atoms with Gasteiger partial charge in [0.15, 0.2) is 20.8 Å². The molecule has 0 fully saturated rings. The number of Topliss-reactive ketones (excluding diaryl/α,β-unsaturated/α-hetero) is 1. The van der Waals surface area contributed by atoms with E-state index in [4.69, 9.17) is 4.74 Å². The summed E-state index contributed by atoms with van der Waals surface area (Å²) in [6.45, 7) is 4.92. The molecule has 0 saturated heterocycles. The predicted molar refractivity (Wildman–Crippen MR) is 102 cm³/mol. The van der Waals surface area contributed by atoms with Crippen molar-refractivity contribution in [2.45, 2.75) is 26.0 Å². The van der Waals surface area contributed by atoms with Crippen LogP contribution in [0.2, 0.25) is 0 Å². The Kier molecular flexibility index (Phi) is 4.78. The molecule has 27 heavy (non-hydrogen) atoms. The van der Waals surface area contributed by atoms with Crippen LogP contribution in [0.25, 0.3) is 4.91 Å². The van der Waals surface area contributed by atoms with Crippen LogP contribution in [-0.2, 0) is 24.2 Å². The average Bonchev–Trinajstić information content (AvgIpc) is 2.81. The largest absolute Gasteiger partial charge is 0.421 e. The van der Waals surface area contributed by atoms with E-state index >= 15 is 0 Å². The number of rotatable bonds is 3. The van der Waals surface area contributed by atoms with Gasteiger partial charge in [0.1, 0.15) is 4.91 Å². The highest BCUT2D eigenvalue weighted by Gasteiger charge is 2.50. The predicted octanol–water partition coefficient (Wildman–Crippen LogP) is 3.68. The molecule has 0 N–H and O–H groups in total. The molecule has 3 rings (SSSR count). The first-order valence-corrected chi connectivity index (χ1v) is 10.0. The van der Waals surface area contributed by atoms with Crippen LogP contribution in [0.3, 0.4) is 0 Å². The first-order valence-electron chi connectivity index (χ1n) is 8.49. The molecule has 0 radical (unpaired) electrons. The van der Waals surface area contributed by atoms with Crippen molar-refractivity contribution in [1.29, 1.82) is 0 Å². The van der Waals surface area contributed by atoms with Gasteiger partial charge in [0, 0.05) is 0 Å². The van der Waals surface area contributed by atoms with Gasteiger partial charge in [-0.1, -0.05) is 60.7 Å². The second-order valence-corrected chi connectivity index (χ2v) is 9.33. The van der Waals surface area contributed by atoms with Gasteiger partial charge >= 0.3 is 5.97 Å². The van der Waals surface area contributed by atoms with Crippen molar-refractivity contribution in [2.24, 2.45) is 5.41 Å². The molecule has 0 bridgehead atoms. The van der Waals surface area contributed by atoms with Crippen LogP contribution in [0, 0.1) is 5.41 Å². The van der Waals surface area contributed by atoms with Crippen molar-refractivity contribution >= 4 is 26.5 Å². The molecular formula is C21H20O5S. The van der Waals surface area contributed by atoms with Crippen LogP contribution in [0.15, 0.2) is 66.4 Å². The number of sulfone groups is 1. The number of hydrogen-bond donors (Lipinski definition) is 0. The highest BCUT2D eigenvalue weighted by molar-refractivity contribution is 8.02. The summed E-state index contributed by atoms with van der Waals surface area (Å²) in [5.74, 6) is -1.80. The topological polar surface area (TPSA) is 77.5 Å². The van der Waals surface area contributed by atoms with E-state index in [2.05, 4.69) is 0 Å².